The molecule has 0 aliphatic heterocycles. The third kappa shape index (κ3) is 1.43. The Balaban J connectivity index is 2.92. The van der Waals surface area contributed by atoms with E-state index < -0.39 is 0 Å². The number of fused-ring (bicyclic) bond motifs is 1. The molecule has 5 nitrogen and oxygen atoms in total. The molecule has 2 aromatic rings. The first-order chi connectivity index (χ1) is 7.54. The SMILES string of the molecule is CC(C)n1c(=O)n(C(C)C)c2nccnc21. The summed E-state index contributed by atoms with van der Waals surface area (Å²) in [6.07, 6.45) is 3.23. The van der Waals surface area contributed by atoms with Crippen LogP contribution in [0.15, 0.2) is 17.2 Å². The summed E-state index contributed by atoms with van der Waals surface area (Å²) in [6, 6.07) is 0.179. The van der Waals surface area contributed by atoms with Crippen molar-refractivity contribution in [2.45, 2.75) is 39.8 Å². The number of hydrogen-bond acceptors (Lipinski definition) is 3. The van der Waals surface area contributed by atoms with Crippen LogP contribution in [0.25, 0.3) is 11.3 Å². The molecular weight excluding hydrogens is 204 g/mol. The van der Waals surface area contributed by atoms with Crippen molar-refractivity contribution in [3.63, 3.8) is 0 Å². The van der Waals surface area contributed by atoms with Crippen molar-refractivity contribution in [1.82, 2.24) is 19.1 Å². The predicted octanol–water partition coefficient (Wildman–Crippen LogP) is 1.75. The molecule has 0 unspecified atom stereocenters. The molecule has 0 atom stereocenters. The standard InChI is InChI=1S/C11H16N4O/c1-7(2)14-9-10(13-6-5-12-9)15(8(3)4)11(14)16/h5-8H,1-4H3. The zero-order valence-electron chi connectivity index (χ0n) is 10.0. The van der Waals surface area contributed by atoms with Crippen LogP contribution < -0.4 is 5.69 Å². The maximum atomic E-state index is 12.2. The number of rotatable bonds is 2. The van der Waals surface area contributed by atoms with Gasteiger partial charge in [-0.15, -0.1) is 0 Å². The van der Waals surface area contributed by atoms with Gasteiger partial charge in [-0.2, -0.15) is 0 Å². The van der Waals surface area contributed by atoms with E-state index in [1.807, 2.05) is 27.7 Å². The molecule has 0 radical (unpaired) electrons. The molecule has 0 amide bonds. The highest BCUT2D eigenvalue weighted by molar-refractivity contribution is 5.66. The fourth-order valence-corrected chi connectivity index (χ4v) is 1.89. The highest BCUT2D eigenvalue weighted by Crippen LogP contribution is 2.15. The van der Waals surface area contributed by atoms with Crippen LogP contribution in [-0.4, -0.2) is 19.1 Å². The predicted molar refractivity (Wildman–Crippen MR) is 62.6 cm³/mol. The Kier molecular flexibility index (Phi) is 2.53. The van der Waals surface area contributed by atoms with Gasteiger partial charge in [0.05, 0.1) is 0 Å². The van der Waals surface area contributed by atoms with E-state index >= 15 is 0 Å². The molecule has 86 valence electrons. The fourth-order valence-electron chi connectivity index (χ4n) is 1.89. The van der Waals surface area contributed by atoms with Crippen LogP contribution in [0.1, 0.15) is 39.8 Å². The zero-order chi connectivity index (χ0) is 11.9. The maximum Gasteiger partial charge on any atom is 0.332 e. The maximum absolute atomic E-state index is 12.2. The highest BCUT2D eigenvalue weighted by Gasteiger charge is 2.18. The van der Waals surface area contributed by atoms with Gasteiger partial charge >= 0.3 is 5.69 Å². The average molecular weight is 220 g/mol. The van der Waals surface area contributed by atoms with Crippen LogP contribution in [0.3, 0.4) is 0 Å². The van der Waals surface area contributed by atoms with Crippen LogP contribution in [0.5, 0.6) is 0 Å². The lowest BCUT2D eigenvalue weighted by Gasteiger charge is -2.06. The molecular formula is C11H16N4O. The van der Waals surface area contributed by atoms with Gasteiger partial charge in [-0.25, -0.2) is 14.8 Å². The Morgan fingerprint density at radius 3 is 1.62 bits per heavy atom. The largest absolute Gasteiger partial charge is 0.332 e. The minimum Gasteiger partial charge on any atom is -0.272 e. The van der Waals surface area contributed by atoms with Crippen molar-refractivity contribution in [1.29, 1.82) is 0 Å². The summed E-state index contributed by atoms with van der Waals surface area (Å²) in [6.45, 7) is 7.89. The van der Waals surface area contributed by atoms with E-state index in [1.54, 1.807) is 21.5 Å². The summed E-state index contributed by atoms with van der Waals surface area (Å²) in [5.41, 5.74) is 1.29. The molecule has 2 aromatic heterocycles. The summed E-state index contributed by atoms with van der Waals surface area (Å²) in [4.78, 5) is 20.7. The lowest BCUT2D eigenvalue weighted by Crippen LogP contribution is -2.26. The van der Waals surface area contributed by atoms with Gasteiger partial charge in [0.2, 0.25) is 0 Å². The van der Waals surface area contributed by atoms with Crippen molar-refractivity contribution >= 4 is 11.3 Å². The number of hydrogen-bond donors (Lipinski definition) is 0. The smallest absolute Gasteiger partial charge is 0.272 e. The molecule has 16 heavy (non-hydrogen) atoms. The van der Waals surface area contributed by atoms with Gasteiger partial charge in [0, 0.05) is 24.5 Å². The molecule has 0 saturated carbocycles. The second kappa shape index (κ2) is 3.73. The molecule has 0 aliphatic carbocycles. The van der Waals surface area contributed by atoms with E-state index in [-0.39, 0.29) is 17.8 Å². The zero-order valence-corrected chi connectivity index (χ0v) is 10.0. The van der Waals surface area contributed by atoms with E-state index in [0.717, 1.165) is 0 Å². The monoisotopic (exact) mass is 220 g/mol. The first-order valence-electron chi connectivity index (χ1n) is 5.47. The topological polar surface area (TPSA) is 52.7 Å². The normalized spacial score (nSPS) is 11.9. The first-order valence-corrected chi connectivity index (χ1v) is 5.47. The van der Waals surface area contributed by atoms with Gasteiger partial charge < -0.3 is 0 Å². The molecule has 0 spiro atoms. The van der Waals surface area contributed by atoms with E-state index in [2.05, 4.69) is 9.97 Å². The number of aromatic nitrogens is 4. The molecule has 5 heteroatoms. The summed E-state index contributed by atoms with van der Waals surface area (Å²) in [7, 11) is 0. The molecule has 0 bridgehead atoms. The Morgan fingerprint density at radius 2 is 1.31 bits per heavy atom. The molecule has 0 saturated heterocycles. The van der Waals surface area contributed by atoms with Crippen molar-refractivity contribution in [3.05, 3.63) is 22.9 Å². The Labute approximate surface area is 93.8 Å². The average Bonchev–Trinajstić information content (AvgIpc) is 2.49. The molecule has 0 fully saturated rings. The van der Waals surface area contributed by atoms with Crippen molar-refractivity contribution in [2.24, 2.45) is 0 Å². The summed E-state index contributed by atoms with van der Waals surface area (Å²) < 4.78 is 3.37. The van der Waals surface area contributed by atoms with E-state index in [4.69, 9.17) is 0 Å². The lowest BCUT2D eigenvalue weighted by molar-refractivity contribution is 0.530. The third-order valence-electron chi connectivity index (χ3n) is 2.56. The Hall–Kier alpha value is -1.65. The van der Waals surface area contributed by atoms with Crippen LogP contribution in [0.4, 0.5) is 0 Å². The van der Waals surface area contributed by atoms with Crippen molar-refractivity contribution in [3.8, 4) is 0 Å². The Bertz CT molecular complexity index is 517. The molecule has 0 aromatic carbocycles. The van der Waals surface area contributed by atoms with Crippen LogP contribution in [0.2, 0.25) is 0 Å². The minimum atomic E-state index is -0.0359. The van der Waals surface area contributed by atoms with Crippen LogP contribution in [-0.2, 0) is 0 Å². The van der Waals surface area contributed by atoms with Gasteiger partial charge in [0.1, 0.15) is 0 Å². The first kappa shape index (κ1) is 10.9. The summed E-state index contributed by atoms with van der Waals surface area (Å²) in [5, 5.41) is 0. The van der Waals surface area contributed by atoms with Gasteiger partial charge in [-0.1, -0.05) is 0 Å². The van der Waals surface area contributed by atoms with E-state index in [0.29, 0.717) is 11.3 Å². The molecule has 2 rings (SSSR count). The third-order valence-corrected chi connectivity index (χ3v) is 2.56. The quantitative estimate of drug-likeness (QED) is 0.774. The van der Waals surface area contributed by atoms with Crippen LogP contribution in [0, 0.1) is 0 Å². The van der Waals surface area contributed by atoms with Gasteiger partial charge in [0.25, 0.3) is 0 Å². The fraction of sp³-hybridized carbons (Fsp3) is 0.545. The summed E-state index contributed by atoms with van der Waals surface area (Å²) in [5.74, 6) is 0. The second-order valence-corrected chi connectivity index (χ2v) is 4.41. The van der Waals surface area contributed by atoms with E-state index in [1.165, 1.54) is 0 Å². The van der Waals surface area contributed by atoms with Gasteiger partial charge in [-0.3, -0.25) is 9.13 Å². The van der Waals surface area contributed by atoms with Crippen molar-refractivity contribution < 1.29 is 0 Å². The minimum absolute atomic E-state index is 0.0359. The number of imidazole rings is 1. The van der Waals surface area contributed by atoms with Gasteiger partial charge in [0.15, 0.2) is 11.3 Å². The molecule has 0 N–H and O–H groups in total. The highest BCUT2D eigenvalue weighted by atomic mass is 16.2. The summed E-state index contributed by atoms with van der Waals surface area (Å²) >= 11 is 0. The Morgan fingerprint density at radius 1 is 0.938 bits per heavy atom. The molecule has 0 aliphatic rings. The second-order valence-electron chi connectivity index (χ2n) is 4.41. The van der Waals surface area contributed by atoms with E-state index in [9.17, 15) is 4.79 Å². The van der Waals surface area contributed by atoms with Crippen molar-refractivity contribution in [2.75, 3.05) is 0 Å². The lowest BCUT2D eigenvalue weighted by atomic mass is 10.4. The van der Waals surface area contributed by atoms with Gasteiger partial charge in [-0.05, 0) is 27.7 Å². The number of nitrogens with zero attached hydrogens (tertiary/aromatic N) is 4. The van der Waals surface area contributed by atoms with Crippen LogP contribution >= 0.6 is 0 Å². The molecule has 2 heterocycles.